The topological polar surface area (TPSA) is 55.4 Å². The molecule has 1 N–H and O–H groups in total. The van der Waals surface area contributed by atoms with Gasteiger partial charge < -0.3 is 10.1 Å². The molecule has 0 spiro atoms. The highest BCUT2D eigenvalue weighted by Crippen LogP contribution is 2.50. The van der Waals surface area contributed by atoms with Gasteiger partial charge in [-0.2, -0.15) is 13.2 Å². The van der Waals surface area contributed by atoms with Crippen LogP contribution < -0.4 is 5.32 Å². The molecule has 0 radical (unpaired) electrons. The Morgan fingerprint density at radius 2 is 1.68 bits per heavy atom. The van der Waals surface area contributed by atoms with Gasteiger partial charge in [-0.1, -0.05) is 17.7 Å². The van der Waals surface area contributed by atoms with Crippen molar-refractivity contribution in [1.29, 1.82) is 0 Å². The Hall–Kier alpha value is -2.82. The van der Waals surface area contributed by atoms with Crippen LogP contribution in [0, 0.1) is 23.3 Å². The molecule has 0 saturated carbocycles. The maximum atomic E-state index is 13.8. The van der Waals surface area contributed by atoms with Crippen molar-refractivity contribution in [2.24, 2.45) is 0 Å². The first-order valence-corrected chi connectivity index (χ1v) is 7.52. The molecule has 2 aromatic rings. The predicted molar refractivity (Wildman–Crippen MR) is 79.5 cm³/mol. The van der Waals surface area contributed by atoms with Gasteiger partial charge in [0.2, 0.25) is 0 Å². The van der Waals surface area contributed by atoms with Crippen LogP contribution >= 0.6 is 11.6 Å². The average Bonchev–Trinajstić information content (AvgIpc) is 2.87. The summed E-state index contributed by atoms with van der Waals surface area (Å²) in [4.78, 5) is 24.2. The van der Waals surface area contributed by atoms with Gasteiger partial charge in [0.25, 0.3) is 5.91 Å². The van der Waals surface area contributed by atoms with Gasteiger partial charge in [0, 0.05) is 10.6 Å². The maximum absolute atomic E-state index is 13.8. The van der Waals surface area contributed by atoms with Gasteiger partial charge in [0.15, 0.2) is 23.3 Å². The summed E-state index contributed by atoms with van der Waals surface area (Å²) in [5.41, 5.74) is -6.95. The second-order valence-corrected chi connectivity index (χ2v) is 6.00. The monoisotopic (exact) mass is 427 g/mol. The van der Waals surface area contributed by atoms with Gasteiger partial charge in [0.1, 0.15) is 5.56 Å². The van der Waals surface area contributed by atoms with Gasteiger partial charge in [0.05, 0.1) is 5.69 Å². The molecular formula is C16H5ClF7NO3. The van der Waals surface area contributed by atoms with Crippen LogP contribution in [0.1, 0.15) is 15.9 Å². The maximum Gasteiger partial charge on any atom is 0.442 e. The molecule has 148 valence electrons. The number of alkyl halides is 3. The van der Waals surface area contributed by atoms with E-state index in [1.807, 2.05) is 5.32 Å². The quantitative estimate of drug-likeness (QED) is 0.333. The molecule has 1 heterocycles. The molecule has 12 heteroatoms. The standard InChI is InChI=1S/C16H5ClF7NO3/c17-5-1-2-7-9(3-5)25-14(27)15(7,16(22,23)24)28-13(26)6-4-8(18)11(20)12(21)10(6)19/h1-4H,(H,25,27). The molecule has 3 rings (SSSR count). The normalized spacial score (nSPS) is 18.6. The number of halogens is 8. The fourth-order valence-corrected chi connectivity index (χ4v) is 2.79. The first kappa shape index (κ1) is 19.9. The van der Waals surface area contributed by atoms with E-state index in [0.717, 1.165) is 18.2 Å². The fraction of sp³-hybridized carbons (Fsp3) is 0.125. The number of rotatable bonds is 2. The zero-order valence-corrected chi connectivity index (χ0v) is 13.8. The highest BCUT2D eigenvalue weighted by Gasteiger charge is 2.69. The lowest BCUT2D eigenvalue weighted by atomic mass is 9.94. The van der Waals surface area contributed by atoms with Crippen molar-refractivity contribution in [3.05, 3.63) is 63.7 Å². The second-order valence-electron chi connectivity index (χ2n) is 5.56. The number of carbonyl (C=O) groups is 2. The zero-order valence-electron chi connectivity index (χ0n) is 13.1. The van der Waals surface area contributed by atoms with Crippen LogP contribution in [-0.2, 0) is 15.1 Å². The van der Waals surface area contributed by atoms with E-state index in [0.29, 0.717) is 0 Å². The first-order valence-electron chi connectivity index (χ1n) is 7.14. The second kappa shape index (κ2) is 6.36. The van der Waals surface area contributed by atoms with Crippen molar-refractivity contribution in [2.75, 3.05) is 5.32 Å². The minimum atomic E-state index is -5.56. The van der Waals surface area contributed by atoms with Crippen LogP contribution in [0.3, 0.4) is 0 Å². The lowest BCUT2D eigenvalue weighted by Crippen LogP contribution is -2.51. The molecule has 0 aliphatic carbocycles. The predicted octanol–water partition coefficient (Wildman–Crippen LogP) is 4.46. The van der Waals surface area contributed by atoms with Crippen molar-refractivity contribution in [1.82, 2.24) is 0 Å². The van der Waals surface area contributed by atoms with Gasteiger partial charge in [-0.05, 0) is 18.2 Å². The van der Waals surface area contributed by atoms with Crippen LogP contribution in [-0.4, -0.2) is 18.1 Å². The number of hydrogen-bond donors (Lipinski definition) is 1. The van der Waals surface area contributed by atoms with Crippen molar-refractivity contribution < 1.29 is 45.1 Å². The Kier molecular flexibility index (Phi) is 4.53. The van der Waals surface area contributed by atoms with Crippen molar-refractivity contribution >= 4 is 29.2 Å². The molecule has 1 unspecified atom stereocenters. The highest BCUT2D eigenvalue weighted by atomic mass is 35.5. The van der Waals surface area contributed by atoms with Crippen molar-refractivity contribution in [3.8, 4) is 0 Å². The Morgan fingerprint density at radius 3 is 2.29 bits per heavy atom. The van der Waals surface area contributed by atoms with Crippen LogP contribution in [0.25, 0.3) is 0 Å². The Bertz CT molecular complexity index is 1020. The molecule has 0 bridgehead atoms. The molecule has 2 aromatic carbocycles. The summed E-state index contributed by atoms with van der Waals surface area (Å²) in [6.07, 6.45) is -5.56. The Labute approximate surface area is 155 Å². The molecule has 0 fully saturated rings. The number of fused-ring (bicyclic) bond motifs is 1. The number of amides is 1. The largest absolute Gasteiger partial charge is 0.442 e. The van der Waals surface area contributed by atoms with Crippen LogP contribution in [0.5, 0.6) is 0 Å². The van der Waals surface area contributed by atoms with Crippen LogP contribution in [0.4, 0.5) is 36.4 Å². The molecular weight excluding hydrogens is 423 g/mol. The van der Waals surface area contributed by atoms with E-state index < -0.39 is 63.7 Å². The minimum Gasteiger partial charge on any atom is -0.430 e. The van der Waals surface area contributed by atoms with E-state index in [4.69, 9.17) is 11.6 Å². The van der Waals surface area contributed by atoms with Crippen molar-refractivity contribution in [2.45, 2.75) is 11.8 Å². The lowest BCUT2D eigenvalue weighted by Gasteiger charge is -2.29. The fourth-order valence-electron chi connectivity index (χ4n) is 2.62. The summed E-state index contributed by atoms with van der Waals surface area (Å²) in [6, 6.07) is 2.45. The van der Waals surface area contributed by atoms with Crippen LogP contribution in [0.15, 0.2) is 24.3 Å². The highest BCUT2D eigenvalue weighted by molar-refractivity contribution is 6.31. The third-order valence-corrected chi connectivity index (χ3v) is 4.13. The van der Waals surface area contributed by atoms with E-state index in [-0.39, 0.29) is 11.1 Å². The summed E-state index contributed by atoms with van der Waals surface area (Å²) in [5, 5.41) is 1.76. The summed E-state index contributed by atoms with van der Waals surface area (Å²) < 4.78 is 98.9. The summed E-state index contributed by atoms with van der Waals surface area (Å²) in [6.45, 7) is 0. The van der Waals surface area contributed by atoms with E-state index in [9.17, 15) is 40.3 Å². The van der Waals surface area contributed by atoms with Gasteiger partial charge >= 0.3 is 17.7 Å². The number of nitrogens with one attached hydrogen (secondary N) is 1. The molecule has 28 heavy (non-hydrogen) atoms. The number of ether oxygens (including phenoxy) is 1. The molecule has 1 amide bonds. The van der Waals surface area contributed by atoms with E-state index in [1.54, 1.807) is 0 Å². The van der Waals surface area contributed by atoms with Crippen LogP contribution in [0.2, 0.25) is 5.02 Å². The molecule has 0 aromatic heterocycles. The third-order valence-electron chi connectivity index (χ3n) is 3.90. The zero-order chi connectivity index (χ0) is 21.0. The number of carbonyl (C=O) groups excluding carboxylic acids is 2. The summed E-state index contributed by atoms with van der Waals surface area (Å²) in [5.74, 6) is -13.2. The minimum absolute atomic E-state index is 0.0583. The number of anilines is 1. The Morgan fingerprint density at radius 1 is 1.04 bits per heavy atom. The van der Waals surface area contributed by atoms with E-state index in [1.165, 1.54) is 0 Å². The summed E-state index contributed by atoms with van der Waals surface area (Å²) >= 11 is 5.64. The summed E-state index contributed by atoms with van der Waals surface area (Å²) in [7, 11) is 0. The lowest BCUT2D eigenvalue weighted by molar-refractivity contribution is -0.251. The molecule has 4 nitrogen and oxygen atoms in total. The number of benzene rings is 2. The van der Waals surface area contributed by atoms with Crippen molar-refractivity contribution in [3.63, 3.8) is 0 Å². The molecule has 0 saturated heterocycles. The number of esters is 1. The molecule has 1 aliphatic rings. The van der Waals surface area contributed by atoms with Gasteiger partial charge in [-0.15, -0.1) is 0 Å². The first-order chi connectivity index (χ1) is 12.9. The molecule has 1 atom stereocenters. The average molecular weight is 428 g/mol. The van der Waals surface area contributed by atoms with E-state index in [2.05, 4.69) is 4.74 Å². The van der Waals surface area contributed by atoms with Gasteiger partial charge in [-0.25, -0.2) is 22.4 Å². The third kappa shape index (κ3) is 2.77. The number of hydrogen-bond acceptors (Lipinski definition) is 3. The SMILES string of the molecule is O=C(OC1(C(F)(F)F)C(=O)Nc2cc(Cl)ccc21)c1cc(F)c(F)c(F)c1F. The van der Waals surface area contributed by atoms with Gasteiger partial charge in [-0.3, -0.25) is 4.79 Å². The molecule has 1 aliphatic heterocycles. The smallest absolute Gasteiger partial charge is 0.430 e. The Balaban J connectivity index is 2.15. The van der Waals surface area contributed by atoms with E-state index >= 15 is 0 Å².